The number of pyridine rings is 5. The Balaban J connectivity index is 0.000000119. The fourth-order valence-corrected chi connectivity index (χ4v) is 10.9. The number of aliphatic imine (C=N–C) groups is 1. The van der Waals surface area contributed by atoms with E-state index in [1.807, 2.05) is 116 Å². The van der Waals surface area contributed by atoms with Gasteiger partial charge >= 0.3 is 6.18 Å². The zero-order chi connectivity index (χ0) is 61.8. The first-order valence-electron chi connectivity index (χ1n) is 30.5. The second kappa shape index (κ2) is 26.3. The van der Waals surface area contributed by atoms with E-state index in [9.17, 15) is 18.0 Å². The monoisotopic (exact) mass is 1270 g/mol. The second-order valence-electron chi connectivity index (χ2n) is 22.5. The van der Waals surface area contributed by atoms with Gasteiger partial charge in [-0.1, -0.05) is 66.7 Å². The summed E-state index contributed by atoms with van der Waals surface area (Å²) in [6.45, 7) is 10.0. The predicted molar refractivity (Wildman–Crippen MR) is 341 cm³/mol. The highest BCUT2D eigenvalue weighted by atomic mass is 79.9. The molecule has 9 aromatic heterocycles. The van der Waals surface area contributed by atoms with Gasteiger partial charge in [-0.25, -0.2) is 29.9 Å². The largest absolute Gasteiger partial charge is 0.493 e. The molecule has 0 radical (unpaired) electrons. The zero-order valence-electron chi connectivity index (χ0n) is 50.0. The first-order chi connectivity index (χ1) is 43.2. The molecule has 0 unspecified atom stereocenters. The van der Waals surface area contributed by atoms with Crippen LogP contribution < -0.4 is 24.7 Å². The van der Waals surface area contributed by atoms with Crippen molar-refractivity contribution < 1.29 is 36.9 Å². The molecule has 4 fully saturated rings. The fourth-order valence-electron chi connectivity index (χ4n) is 10.4. The van der Waals surface area contributed by atoms with E-state index in [0.717, 1.165) is 91.4 Å². The van der Waals surface area contributed by atoms with Crippen molar-refractivity contribution in [1.29, 1.82) is 0 Å². The summed E-state index contributed by atoms with van der Waals surface area (Å²) in [5.74, 6) is 4.79. The van der Waals surface area contributed by atoms with Crippen molar-refractivity contribution >= 4 is 61.4 Å². The maximum absolute atomic E-state index is 12.9. The predicted octanol–water partition coefficient (Wildman–Crippen LogP) is 15.8. The maximum Gasteiger partial charge on any atom is 0.433 e. The van der Waals surface area contributed by atoms with Crippen molar-refractivity contribution in [2.24, 2.45) is 4.99 Å². The number of imidazole rings is 4. The number of Topliss-reactive ketones (excluding diaryl/α,β-unsaturated/α-hetero) is 1. The molecule has 16 nitrogen and oxygen atoms in total. The number of aromatic nitrogens is 9. The van der Waals surface area contributed by atoms with Gasteiger partial charge in [-0.3, -0.25) is 4.79 Å². The summed E-state index contributed by atoms with van der Waals surface area (Å²) in [4.78, 5) is 39.7. The van der Waals surface area contributed by atoms with Crippen LogP contribution in [0.15, 0.2) is 162 Å². The molecule has 458 valence electrons. The van der Waals surface area contributed by atoms with Crippen LogP contribution in [0.25, 0.3) is 22.6 Å². The van der Waals surface area contributed by atoms with E-state index in [2.05, 4.69) is 87.5 Å². The molecule has 0 spiro atoms. The maximum atomic E-state index is 12.9. The Hall–Kier alpha value is -9.04. The second-order valence-corrected chi connectivity index (χ2v) is 23.4. The first-order valence-corrected chi connectivity index (χ1v) is 31.3. The van der Waals surface area contributed by atoms with Gasteiger partial charge in [0, 0.05) is 121 Å². The van der Waals surface area contributed by atoms with Gasteiger partial charge in [0.2, 0.25) is 0 Å². The summed E-state index contributed by atoms with van der Waals surface area (Å²) in [6, 6.07) is 31.5. The van der Waals surface area contributed by atoms with Gasteiger partial charge in [-0.15, -0.1) is 0 Å². The third-order valence-electron chi connectivity index (χ3n) is 15.5. The number of nitrogen functional groups attached to an aromatic ring is 1. The highest BCUT2D eigenvalue weighted by Crippen LogP contribution is 2.43. The summed E-state index contributed by atoms with van der Waals surface area (Å²) in [5.41, 5.74) is 17.8. The molecule has 20 heteroatoms. The third kappa shape index (κ3) is 14.6. The number of benzene rings is 2. The topological polar surface area (TPSA) is 174 Å². The van der Waals surface area contributed by atoms with Crippen LogP contribution >= 0.6 is 15.9 Å². The summed E-state index contributed by atoms with van der Waals surface area (Å²) in [5, 5.41) is 0. The first kappa shape index (κ1) is 60.3. The van der Waals surface area contributed by atoms with Crippen molar-refractivity contribution in [3.63, 3.8) is 0 Å². The average molecular weight is 1270 g/mol. The number of hydrogen-bond donors (Lipinski definition) is 1. The molecule has 0 amide bonds. The van der Waals surface area contributed by atoms with Crippen molar-refractivity contribution in [3.8, 4) is 23.0 Å². The van der Waals surface area contributed by atoms with Crippen molar-refractivity contribution in [3.05, 3.63) is 208 Å². The number of alkyl halides is 3. The Morgan fingerprint density at radius 1 is 0.517 bits per heavy atom. The Kier molecular flexibility index (Phi) is 17.8. The number of nitrogens with two attached hydrogens (primary N) is 1. The average Bonchev–Trinajstić information content (AvgIpc) is 3.46. The van der Waals surface area contributed by atoms with Crippen LogP contribution in [-0.4, -0.2) is 80.4 Å². The van der Waals surface area contributed by atoms with E-state index < -0.39 is 17.7 Å². The Bertz CT molecular complexity index is 4200. The number of halogens is 4. The molecular formula is C69H69BrF3N11O5. The van der Waals surface area contributed by atoms with Crippen LogP contribution in [0.4, 0.5) is 24.5 Å². The molecule has 2 aromatic carbocycles. The molecular weight excluding hydrogens is 1200 g/mol. The SMILES string of the molecule is CCOc1cc2nc(C3CC3)cn2cc1Br.CCOc1cc2nc(C3CC3)cn2cc1CC(=O)c1cccc(C(F)(F)F)n1.CCOc1cc2nc(C3CC3)cn2cc1N.CCOc1cc2nc(C3CC3)cn2cc1N=C(c1ccccc1)c1ccccc1. The lowest BCUT2D eigenvalue weighted by Crippen LogP contribution is -2.13. The van der Waals surface area contributed by atoms with Gasteiger partial charge in [0.05, 0.1) is 65.1 Å². The van der Waals surface area contributed by atoms with Gasteiger partial charge in [-0.2, -0.15) is 13.2 Å². The summed E-state index contributed by atoms with van der Waals surface area (Å²) in [7, 11) is 0. The highest BCUT2D eigenvalue weighted by molar-refractivity contribution is 9.10. The number of carbonyl (C=O) groups is 1. The lowest BCUT2D eigenvalue weighted by molar-refractivity contribution is -0.141. The number of fused-ring (bicyclic) bond motifs is 4. The van der Waals surface area contributed by atoms with E-state index in [1.165, 1.54) is 67.7 Å². The Labute approximate surface area is 521 Å². The molecule has 0 saturated heterocycles. The van der Waals surface area contributed by atoms with Gasteiger partial charge in [0.1, 0.15) is 62.7 Å². The summed E-state index contributed by atoms with van der Waals surface area (Å²) in [6.07, 6.45) is 21.0. The van der Waals surface area contributed by atoms with Crippen molar-refractivity contribution in [1.82, 2.24) is 42.5 Å². The molecule has 9 heterocycles. The molecule has 4 aliphatic carbocycles. The number of ether oxygens (including phenoxy) is 4. The van der Waals surface area contributed by atoms with E-state index >= 15 is 0 Å². The molecule has 0 atom stereocenters. The van der Waals surface area contributed by atoms with Crippen molar-refractivity contribution in [2.75, 3.05) is 32.2 Å². The number of rotatable bonds is 18. The number of ketones is 1. The minimum absolute atomic E-state index is 0.115. The van der Waals surface area contributed by atoms with Crippen LogP contribution in [0.3, 0.4) is 0 Å². The Morgan fingerprint density at radius 3 is 1.42 bits per heavy atom. The molecule has 4 aliphatic rings. The van der Waals surface area contributed by atoms with Crippen molar-refractivity contribution in [2.45, 2.75) is 115 Å². The molecule has 15 rings (SSSR count). The summed E-state index contributed by atoms with van der Waals surface area (Å²) >= 11 is 3.51. The van der Waals surface area contributed by atoms with Crippen LogP contribution in [-0.2, 0) is 12.6 Å². The lowest BCUT2D eigenvalue weighted by atomic mass is 10.0. The number of anilines is 1. The summed E-state index contributed by atoms with van der Waals surface area (Å²) < 4.78 is 70.1. The molecule has 0 aliphatic heterocycles. The lowest BCUT2D eigenvalue weighted by Gasteiger charge is -2.11. The van der Waals surface area contributed by atoms with E-state index in [4.69, 9.17) is 34.7 Å². The molecule has 4 saturated carbocycles. The number of carbonyl (C=O) groups excluding carboxylic acids is 1. The smallest absolute Gasteiger partial charge is 0.433 e. The zero-order valence-corrected chi connectivity index (χ0v) is 51.6. The van der Waals surface area contributed by atoms with Crippen LogP contribution in [0.5, 0.6) is 23.0 Å². The number of hydrogen-bond acceptors (Lipinski definition) is 12. The van der Waals surface area contributed by atoms with Gasteiger partial charge in [0.15, 0.2) is 5.78 Å². The third-order valence-corrected chi connectivity index (χ3v) is 16.1. The highest BCUT2D eigenvalue weighted by Gasteiger charge is 2.34. The number of nitrogens with zero attached hydrogens (tertiary/aromatic N) is 10. The van der Waals surface area contributed by atoms with E-state index in [1.54, 1.807) is 12.3 Å². The van der Waals surface area contributed by atoms with Crippen LogP contribution in [0.2, 0.25) is 0 Å². The van der Waals surface area contributed by atoms with Gasteiger partial charge in [-0.05, 0) is 107 Å². The van der Waals surface area contributed by atoms with E-state index in [0.29, 0.717) is 67.1 Å². The molecule has 11 aromatic rings. The minimum Gasteiger partial charge on any atom is -0.493 e. The fraction of sp³-hybridized carbons (Fsp3) is 0.319. The normalized spacial score (nSPS) is 14.5. The van der Waals surface area contributed by atoms with Gasteiger partial charge in [0.25, 0.3) is 0 Å². The minimum atomic E-state index is -4.60. The quantitative estimate of drug-likeness (QED) is 0.0639. The Morgan fingerprint density at radius 2 is 0.933 bits per heavy atom. The molecule has 89 heavy (non-hydrogen) atoms. The van der Waals surface area contributed by atoms with Crippen LogP contribution in [0, 0.1) is 0 Å². The van der Waals surface area contributed by atoms with Crippen LogP contribution in [0.1, 0.15) is 158 Å². The molecule has 2 N–H and O–H groups in total. The molecule has 0 bridgehead atoms. The van der Waals surface area contributed by atoms with Gasteiger partial charge < -0.3 is 42.3 Å². The standard InChI is InChI=1S/C25H23N3O.C20H18F3N3O2.C12H13BrN2O.C12H15N3O/c1-2-29-23-15-24-26-21(18-13-14-18)16-28(24)17-22(23)27-25(19-9-5-3-6-10-19)20-11-7-4-8-12-20;1-2-28-17-9-19-25-15(12-6-7-12)11-26(19)10-13(17)8-16(27)14-4-3-5-18(24-14)20(21,22)23;2*1-2-16-11-5-12-14-10(8-3-4-8)7-15(12)6-9(11)13/h3-12,15-18H,2,13-14H2,1H3;3-5,9-12H,2,6-8H2,1H3;5-8H,2-4H2,1H3;5-8H,2-4,13H2,1H3. The van der Waals surface area contributed by atoms with E-state index in [-0.39, 0.29) is 12.1 Å².